The lowest BCUT2D eigenvalue weighted by Gasteiger charge is -2.26. The molecule has 0 amide bonds. The molecule has 13 aromatic rings. The number of fused-ring (bicyclic) bond motifs is 6. The molecule has 0 aliphatic rings. The molecule has 0 N–H and O–H groups in total. The summed E-state index contributed by atoms with van der Waals surface area (Å²) in [6, 6.07) is 102. The van der Waals surface area contributed by atoms with E-state index in [0.717, 1.165) is 28.3 Å². The zero-order valence-electron chi connectivity index (χ0n) is 38.5. The molecule has 0 aliphatic heterocycles. The van der Waals surface area contributed by atoms with Gasteiger partial charge in [0.1, 0.15) is 0 Å². The van der Waals surface area contributed by atoms with E-state index in [9.17, 15) is 0 Å². The number of nitrogens with zero attached hydrogens (tertiary/aromatic N) is 2. The van der Waals surface area contributed by atoms with Crippen molar-refractivity contribution in [2.24, 2.45) is 0 Å². The van der Waals surface area contributed by atoms with Gasteiger partial charge >= 0.3 is 0 Å². The van der Waals surface area contributed by atoms with Gasteiger partial charge in [-0.1, -0.05) is 224 Å². The highest BCUT2D eigenvalue weighted by Crippen LogP contribution is 2.43. The van der Waals surface area contributed by atoms with Crippen LogP contribution in [0.4, 0.5) is 17.1 Å². The molecule has 0 fully saturated rings. The average molecular weight is 891 g/mol. The Balaban J connectivity index is 0.905. The van der Waals surface area contributed by atoms with Gasteiger partial charge in [0.25, 0.3) is 0 Å². The first-order valence-corrected chi connectivity index (χ1v) is 24.1. The van der Waals surface area contributed by atoms with Gasteiger partial charge in [0.2, 0.25) is 0 Å². The molecule has 2 heteroatoms. The fourth-order valence-electron chi connectivity index (χ4n) is 10.7. The molecule has 0 bridgehead atoms. The third-order valence-electron chi connectivity index (χ3n) is 14.0. The van der Waals surface area contributed by atoms with Crippen molar-refractivity contribution in [3.63, 3.8) is 0 Å². The molecule has 0 unspecified atom stereocenters. The summed E-state index contributed by atoms with van der Waals surface area (Å²) in [5.41, 5.74) is 18.8. The van der Waals surface area contributed by atoms with Gasteiger partial charge in [-0.25, -0.2) is 0 Å². The zero-order chi connectivity index (χ0) is 46.4. The quantitative estimate of drug-likeness (QED) is 0.140. The van der Waals surface area contributed by atoms with Crippen molar-refractivity contribution in [3.8, 4) is 61.3 Å². The number of anilines is 3. The molecule has 1 aromatic heterocycles. The molecule has 1 heterocycles. The second-order valence-electron chi connectivity index (χ2n) is 18.0. The van der Waals surface area contributed by atoms with E-state index >= 15 is 0 Å². The molecule has 0 aliphatic carbocycles. The minimum absolute atomic E-state index is 1.08. The van der Waals surface area contributed by atoms with Gasteiger partial charge < -0.3 is 9.47 Å². The fourth-order valence-corrected chi connectivity index (χ4v) is 10.7. The molecule has 0 atom stereocenters. The summed E-state index contributed by atoms with van der Waals surface area (Å²) in [7, 11) is 0. The van der Waals surface area contributed by atoms with E-state index in [1.807, 2.05) is 0 Å². The van der Waals surface area contributed by atoms with Gasteiger partial charge in [0.05, 0.1) is 11.0 Å². The number of para-hydroxylation sites is 1. The predicted octanol–water partition coefficient (Wildman–Crippen LogP) is 18.9. The molecule has 70 heavy (non-hydrogen) atoms. The van der Waals surface area contributed by atoms with E-state index in [1.54, 1.807) is 0 Å². The van der Waals surface area contributed by atoms with E-state index < -0.39 is 0 Å². The van der Waals surface area contributed by atoms with Crippen LogP contribution in [0.3, 0.4) is 0 Å². The van der Waals surface area contributed by atoms with Crippen molar-refractivity contribution in [1.82, 2.24) is 4.57 Å². The van der Waals surface area contributed by atoms with Gasteiger partial charge in [-0.15, -0.1) is 0 Å². The maximum atomic E-state index is 2.44. The van der Waals surface area contributed by atoms with Crippen molar-refractivity contribution in [2.45, 2.75) is 0 Å². The molecular formula is C68H46N2. The maximum Gasteiger partial charge on any atom is 0.0619 e. The lowest BCUT2D eigenvalue weighted by atomic mass is 9.89. The Morgan fingerprint density at radius 3 is 1.30 bits per heavy atom. The lowest BCUT2D eigenvalue weighted by molar-refractivity contribution is 1.19. The van der Waals surface area contributed by atoms with Gasteiger partial charge in [-0.05, 0) is 126 Å². The topological polar surface area (TPSA) is 8.17 Å². The molecule has 0 spiro atoms. The summed E-state index contributed by atoms with van der Waals surface area (Å²) in [5, 5.41) is 7.49. The first-order valence-electron chi connectivity index (χ1n) is 24.1. The number of benzene rings is 12. The Morgan fingerprint density at radius 2 is 0.671 bits per heavy atom. The van der Waals surface area contributed by atoms with Gasteiger partial charge in [-0.2, -0.15) is 0 Å². The van der Waals surface area contributed by atoms with Crippen LogP contribution in [-0.4, -0.2) is 4.57 Å². The van der Waals surface area contributed by atoms with Crippen LogP contribution >= 0.6 is 0 Å². The van der Waals surface area contributed by atoms with Crippen molar-refractivity contribution >= 4 is 60.4 Å². The highest BCUT2D eigenvalue weighted by atomic mass is 15.1. The highest BCUT2D eigenvalue weighted by molar-refractivity contribution is 6.19. The standard InChI is InChI=1S/C68H46N2/c1-3-16-48(17-4-1)60-24-11-13-27-63(60)64-28-14-12-25-61(64)52-34-42-57(43-35-52)69(56-40-32-51(33-41-56)59-29-15-20-49-18-7-9-23-58(49)59)55-38-30-47(31-39-55)53-37-44-65-66-45-36-50-19-8-10-26-62(50)68(66)70(67(65)46-53)54-21-5-2-6-22-54/h1-46H. The van der Waals surface area contributed by atoms with E-state index in [0.29, 0.717) is 0 Å². The Morgan fingerprint density at radius 1 is 0.243 bits per heavy atom. The Labute approximate surface area is 408 Å². The SMILES string of the molecule is c1ccc(-c2ccccc2-c2ccccc2-c2ccc(N(c3ccc(-c4ccc5c6ccc7ccccc7c6n(-c6ccccc6)c5c4)cc3)c3ccc(-c4cccc5ccccc45)cc3)cc2)cc1. The van der Waals surface area contributed by atoms with Crippen molar-refractivity contribution in [2.75, 3.05) is 4.90 Å². The monoisotopic (exact) mass is 890 g/mol. The van der Waals surface area contributed by atoms with E-state index in [2.05, 4.69) is 289 Å². The molecule has 13 rings (SSSR count). The third kappa shape index (κ3) is 7.22. The largest absolute Gasteiger partial charge is 0.311 e. The highest BCUT2D eigenvalue weighted by Gasteiger charge is 2.19. The Hall–Kier alpha value is -9.24. The normalized spacial score (nSPS) is 11.4. The molecule has 12 aromatic carbocycles. The fraction of sp³-hybridized carbons (Fsp3) is 0. The molecular weight excluding hydrogens is 845 g/mol. The molecule has 0 radical (unpaired) electrons. The number of hydrogen-bond donors (Lipinski definition) is 0. The van der Waals surface area contributed by atoms with Crippen molar-refractivity contribution < 1.29 is 0 Å². The van der Waals surface area contributed by atoms with Crippen LogP contribution < -0.4 is 4.90 Å². The summed E-state index contributed by atoms with van der Waals surface area (Å²) in [6.07, 6.45) is 0. The van der Waals surface area contributed by atoms with Crippen LogP contribution in [0.25, 0.3) is 105 Å². The molecule has 0 saturated heterocycles. The Bertz CT molecular complexity index is 4010. The predicted molar refractivity (Wildman–Crippen MR) is 298 cm³/mol. The van der Waals surface area contributed by atoms with E-state index in [1.165, 1.54) is 93.4 Å². The number of rotatable bonds is 9. The molecule has 328 valence electrons. The van der Waals surface area contributed by atoms with Crippen LogP contribution in [0, 0.1) is 0 Å². The van der Waals surface area contributed by atoms with Crippen LogP contribution in [0.5, 0.6) is 0 Å². The minimum atomic E-state index is 1.08. The van der Waals surface area contributed by atoms with Crippen molar-refractivity contribution in [1.29, 1.82) is 0 Å². The smallest absolute Gasteiger partial charge is 0.0619 e. The number of hydrogen-bond acceptors (Lipinski definition) is 1. The minimum Gasteiger partial charge on any atom is -0.311 e. The second-order valence-corrected chi connectivity index (χ2v) is 18.0. The van der Waals surface area contributed by atoms with Gasteiger partial charge in [-0.3, -0.25) is 0 Å². The van der Waals surface area contributed by atoms with Crippen LogP contribution in [0.15, 0.2) is 279 Å². The summed E-state index contributed by atoms with van der Waals surface area (Å²) in [5.74, 6) is 0. The van der Waals surface area contributed by atoms with Crippen molar-refractivity contribution in [3.05, 3.63) is 279 Å². The van der Waals surface area contributed by atoms with Crippen LogP contribution in [0.1, 0.15) is 0 Å². The first kappa shape index (κ1) is 41.0. The molecule has 2 nitrogen and oxygen atoms in total. The summed E-state index contributed by atoms with van der Waals surface area (Å²) >= 11 is 0. The van der Waals surface area contributed by atoms with E-state index in [-0.39, 0.29) is 0 Å². The first-order chi connectivity index (χ1) is 34.7. The van der Waals surface area contributed by atoms with Crippen LogP contribution in [0.2, 0.25) is 0 Å². The summed E-state index contributed by atoms with van der Waals surface area (Å²) < 4.78 is 2.44. The third-order valence-corrected chi connectivity index (χ3v) is 14.0. The van der Waals surface area contributed by atoms with Crippen LogP contribution in [-0.2, 0) is 0 Å². The Kier molecular flexibility index (Phi) is 10.2. The molecule has 0 saturated carbocycles. The zero-order valence-corrected chi connectivity index (χ0v) is 38.5. The lowest BCUT2D eigenvalue weighted by Crippen LogP contribution is -2.09. The van der Waals surface area contributed by atoms with Gasteiger partial charge in [0, 0.05) is 38.9 Å². The summed E-state index contributed by atoms with van der Waals surface area (Å²) in [4.78, 5) is 2.37. The van der Waals surface area contributed by atoms with E-state index in [4.69, 9.17) is 0 Å². The number of aromatic nitrogens is 1. The maximum absolute atomic E-state index is 2.44. The summed E-state index contributed by atoms with van der Waals surface area (Å²) in [6.45, 7) is 0. The second kappa shape index (κ2) is 17.4. The average Bonchev–Trinajstić information content (AvgIpc) is 3.78. The van der Waals surface area contributed by atoms with Gasteiger partial charge in [0.15, 0.2) is 0 Å².